The van der Waals surface area contributed by atoms with E-state index >= 15 is 0 Å². The lowest BCUT2D eigenvalue weighted by molar-refractivity contribution is 0.108. The molecule has 94 valence electrons. The van der Waals surface area contributed by atoms with E-state index in [0.717, 1.165) is 49.2 Å². The fourth-order valence-electron chi connectivity index (χ4n) is 2.42. The second kappa shape index (κ2) is 6.53. The summed E-state index contributed by atoms with van der Waals surface area (Å²) in [5.74, 6) is 0.741. The molecule has 2 N–H and O–H groups in total. The Morgan fingerprint density at radius 3 is 2.71 bits per heavy atom. The smallest absolute Gasteiger partial charge is 0.0540 e. The van der Waals surface area contributed by atoms with E-state index in [4.69, 9.17) is 0 Å². The van der Waals surface area contributed by atoms with Crippen LogP contribution in [0.1, 0.15) is 31.2 Å². The molecular formula is C14H20BrNO. The molecule has 0 unspecified atom stereocenters. The van der Waals surface area contributed by atoms with Gasteiger partial charge in [0, 0.05) is 11.0 Å². The molecule has 1 aliphatic rings. The van der Waals surface area contributed by atoms with Crippen molar-refractivity contribution in [1.82, 2.24) is 5.32 Å². The Hall–Kier alpha value is -0.380. The van der Waals surface area contributed by atoms with Crippen LogP contribution in [0.3, 0.4) is 0 Å². The van der Waals surface area contributed by atoms with E-state index in [0.29, 0.717) is 0 Å². The van der Waals surface area contributed by atoms with Crippen LogP contribution in [-0.2, 0) is 6.54 Å². The Balaban J connectivity index is 1.69. The van der Waals surface area contributed by atoms with E-state index in [1.54, 1.807) is 0 Å². The maximum absolute atomic E-state index is 9.44. The average molecular weight is 298 g/mol. The van der Waals surface area contributed by atoms with Gasteiger partial charge in [-0.1, -0.05) is 28.1 Å². The molecule has 0 aromatic heterocycles. The number of aliphatic hydroxyl groups excluding tert-OH is 1. The summed E-state index contributed by atoms with van der Waals surface area (Å²) in [6, 6.07) is 8.41. The van der Waals surface area contributed by atoms with Crippen molar-refractivity contribution in [3.63, 3.8) is 0 Å². The van der Waals surface area contributed by atoms with Crippen LogP contribution in [-0.4, -0.2) is 17.8 Å². The molecule has 2 rings (SSSR count). The second-order valence-electron chi connectivity index (χ2n) is 4.94. The minimum atomic E-state index is -0.0451. The van der Waals surface area contributed by atoms with E-state index in [1.807, 2.05) is 6.07 Å². The predicted molar refractivity (Wildman–Crippen MR) is 73.8 cm³/mol. The van der Waals surface area contributed by atoms with Crippen molar-refractivity contribution < 1.29 is 5.11 Å². The van der Waals surface area contributed by atoms with E-state index < -0.39 is 0 Å². The van der Waals surface area contributed by atoms with E-state index in [9.17, 15) is 5.11 Å². The Morgan fingerprint density at radius 2 is 2.00 bits per heavy atom. The second-order valence-corrected chi connectivity index (χ2v) is 5.85. The minimum absolute atomic E-state index is 0.0451. The first-order valence-corrected chi connectivity index (χ1v) is 7.16. The lowest BCUT2D eigenvalue weighted by Gasteiger charge is -2.25. The highest BCUT2D eigenvalue weighted by Crippen LogP contribution is 2.23. The summed E-state index contributed by atoms with van der Waals surface area (Å²) in [6.07, 6.45) is 4.22. The van der Waals surface area contributed by atoms with Gasteiger partial charge in [0.25, 0.3) is 0 Å². The molecule has 3 heteroatoms. The predicted octanol–water partition coefficient (Wildman–Crippen LogP) is 3.09. The van der Waals surface area contributed by atoms with Crippen LogP contribution in [0.25, 0.3) is 0 Å². The van der Waals surface area contributed by atoms with Crippen LogP contribution in [0, 0.1) is 5.92 Å². The average Bonchev–Trinajstić information content (AvgIpc) is 2.32. The quantitative estimate of drug-likeness (QED) is 0.895. The summed E-state index contributed by atoms with van der Waals surface area (Å²) in [7, 11) is 0. The van der Waals surface area contributed by atoms with Crippen LogP contribution in [0.4, 0.5) is 0 Å². The molecule has 1 aromatic carbocycles. The normalized spacial score (nSPS) is 24.8. The van der Waals surface area contributed by atoms with Gasteiger partial charge in [-0.2, -0.15) is 0 Å². The number of halogens is 1. The summed E-state index contributed by atoms with van der Waals surface area (Å²) < 4.78 is 1.14. The number of nitrogens with one attached hydrogen (secondary N) is 1. The molecule has 1 aliphatic carbocycles. The third-order valence-corrected chi connectivity index (χ3v) is 3.96. The molecule has 1 aromatic rings. The fourth-order valence-corrected chi connectivity index (χ4v) is 2.86. The van der Waals surface area contributed by atoms with Crippen molar-refractivity contribution in [3.05, 3.63) is 34.3 Å². The Kier molecular flexibility index (Phi) is 5.01. The van der Waals surface area contributed by atoms with E-state index in [1.165, 1.54) is 5.56 Å². The molecule has 17 heavy (non-hydrogen) atoms. The van der Waals surface area contributed by atoms with Crippen LogP contribution in [0.2, 0.25) is 0 Å². The number of hydrogen-bond donors (Lipinski definition) is 2. The van der Waals surface area contributed by atoms with E-state index in [2.05, 4.69) is 39.4 Å². The van der Waals surface area contributed by atoms with Gasteiger partial charge in [-0.05, 0) is 55.8 Å². The highest BCUT2D eigenvalue weighted by atomic mass is 79.9. The van der Waals surface area contributed by atoms with Gasteiger partial charge in [0.05, 0.1) is 6.10 Å². The zero-order chi connectivity index (χ0) is 12.1. The van der Waals surface area contributed by atoms with Crippen LogP contribution < -0.4 is 5.32 Å². The largest absolute Gasteiger partial charge is 0.393 e. The van der Waals surface area contributed by atoms with Gasteiger partial charge in [0.1, 0.15) is 0 Å². The van der Waals surface area contributed by atoms with Crippen molar-refractivity contribution >= 4 is 15.9 Å². The molecule has 0 heterocycles. The van der Waals surface area contributed by atoms with Gasteiger partial charge in [-0.15, -0.1) is 0 Å². The topological polar surface area (TPSA) is 32.3 Å². The van der Waals surface area contributed by atoms with Gasteiger partial charge in [0.15, 0.2) is 0 Å². The molecule has 0 bridgehead atoms. The molecule has 0 amide bonds. The maximum Gasteiger partial charge on any atom is 0.0540 e. The van der Waals surface area contributed by atoms with Crippen molar-refractivity contribution in [2.24, 2.45) is 5.92 Å². The molecule has 0 radical (unpaired) electrons. The zero-order valence-electron chi connectivity index (χ0n) is 10.0. The molecule has 2 nitrogen and oxygen atoms in total. The number of hydrogen-bond acceptors (Lipinski definition) is 2. The first-order valence-electron chi connectivity index (χ1n) is 6.37. The summed E-state index contributed by atoms with van der Waals surface area (Å²) in [4.78, 5) is 0. The highest BCUT2D eigenvalue weighted by Gasteiger charge is 2.18. The molecule has 0 saturated heterocycles. The first-order chi connectivity index (χ1) is 8.24. The molecule has 1 fully saturated rings. The Bertz CT molecular complexity index is 348. The van der Waals surface area contributed by atoms with Crippen LogP contribution in [0.15, 0.2) is 28.7 Å². The third-order valence-electron chi connectivity index (χ3n) is 3.47. The molecule has 1 saturated carbocycles. The molecule has 0 aliphatic heterocycles. The highest BCUT2D eigenvalue weighted by molar-refractivity contribution is 9.10. The lowest BCUT2D eigenvalue weighted by Crippen LogP contribution is -2.27. The minimum Gasteiger partial charge on any atom is -0.393 e. The van der Waals surface area contributed by atoms with Gasteiger partial charge in [-0.25, -0.2) is 0 Å². The van der Waals surface area contributed by atoms with Crippen molar-refractivity contribution in [2.45, 2.75) is 38.3 Å². The van der Waals surface area contributed by atoms with Crippen LogP contribution >= 0.6 is 15.9 Å². The third kappa shape index (κ3) is 4.41. The summed E-state index contributed by atoms with van der Waals surface area (Å²) in [6.45, 7) is 2.00. The summed E-state index contributed by atoms with van der Waals surface area (Å²) in [5, 5.41) is 12.9. The monoisotopic (exact) mass is 297 g/mol. The standard InChI is InChI=1S/C14H20BrNO/c15-13-3-1-2-12(8-13)10-16-9-11-4-6-14(17)7-5-11/h1-3,8,11,14,16-17H,4-7,9-10H2. The van der Waals surface area contributed by atoms with Crippen LogP contribution in [0.5, 0.6) is 0 Å². The Morgan fingerprint density at radius 1 is 1.24 bits per heavy atom. The van der Waals surface area contributed by atoms with Crippen molar-refractivity contribution in [3.8, 4) is 0 Å². The maximum atomic E-state index is 9.44. The summed E-state index contributed by atoms with van der Waals surface area (Å²) >= 11 is 3.48. The Labute approximate surface area is 112 Å². The van der Waals surface area contributed by atoms with Gasteiger partial charge in [0.2, 0.25) is 0 Å². The van der Waals surface area contributed by atoms with Gasteiger partial charge in [-0.3, -0.25) is 0 Å². The number of rotatable bonds is 4. The molecule has 0 spiro atoms. The van der Waals surface area contributed by atoms with Gasteiger partial charge < -0.3 is 10.4 Å². The SMILES string of the molecule is OC1CCC(CNCc2cccc(Br)c2)CC1. The fraction of sp³-hybridized carbons (Fsp3) is 0.571. The molecular weight excluding hydrogens is 278 g/mol. The lowest BCUT2D eigenvalue weighted by atomic mass is 9.87. The van der Waals surface area contributed by atoms with E-state index in [-0.39, 0.29) is 6.10 Å². The van der Waals surface area contributed by atoms with Crippen molar-refractivity contribution in [1.29, 1.82) is 0 Å². The van der Waals surface area contributed by atoms with Crippen molar-refractivity contribution in [2.75, 3.05) is 6.54 Å². The number of aliphatic hydroxyl groups is 1. The van der Waals surface area contributed by atoms with Gasteiger partial charge >= 0.3 is 0 Å². The number of benzene rings is 1. The first kappa shape index (κ1) is 13.1. The summed E-state index contributed by atoms with van der Waals surface area (Å²) in [5.41, 5.74) is 1.32. The zero-order valence-corrected chi connectivity index (χ0v) is 11.6. The molecule has 0 atom stereocenters.